The first-order chi connectivity index (χ1) is 10.1. The van der Waals surface area contributed by atoms with Crippen molar-refractivity contribution >= 4 is 29.0 Å². The van der Waals surface area contributed by atoms with Crippen LogP contribution in [0.5, 0.6) is 0 Å². The van der Waals surface area contributed by atoms with E-state index in [1.165, 1.54) is 12.4 Å². The molecule has 108 valence electrons. The number of aliphatic hydroxyl groups is 1. The highest BCUT2D eigenvalue weighted by Gasteiger charge is 2.15. The number of nitriles is 1. The van der Waals surface area contributed by atoms with Gasteiger partial charge in [-0.2, -0.15) is 5.26 Å². The summed E-state index contributed by atoms with van der Waals surface area (Å²) in [4.78, 5) is 23.3. The van der Waals surface area contributed by atoms with Crippen LogP contribution < -0.4 is 11.5 Å². The number of nitrogen functional groups attached to an aromatic ring is 1. The predicted octanol–water partition coefficient (Wildman–Crippen LogP) is -0.817. The molecule has 0 fully saturated rings. The minimum Gasteiger partial charge on any atom is -0.396 e. The molecule has 0 aliphatic carbocycles. The van der Waals surface area contributed by atoms with Crippen molar-refractivity contribution in [1.29, 1.82) is 5.26 Å². The van der Waals surface area contributed by atoms with Gasteiger partial charge in [0.25, 0.3) is 5.91 Å². The second-order valence-electron chi connectivity index (χ2n) is 4.16. The lowest BCUT2D eigenvalue weighted by atomic mass is 10.2. The van der Waals surface area contributed by atoms with Gasteiger partial charge in [0.1, 0.15) is 23.8 Å². The van der Waals surface area contributed by atoms with Gasteiger partial charge in [-0.25, -0.2) is 15.0 Å². The number of hydrogen-bond donors (Lipinski definition) is 3. The molecular weight excluding hydrogens is 274 g/mol. The van der Waals surface area contributed by atoms with E-state index in [0.29, 0.717) is 30.0 Å². The van der Waals surface area contributed by atoms with Crippen molar-refractivity contribution in [2.75, 3.05) is 12.3 Å². The Bertz CT molecular complexity index is 757. The number of primary amides is 1. The molecule has 0 aliphatic rings. The molecule has 2 rings (SSSR count). The monoisotopic (exact) mass is 287 g/mol. The van der Waals surface area contributed by atoms with Gasteiger partial charge in [-0.1, -0.05) is 0 Å². The first-order valence-corrected chi connectivity index (χ1v) is 6.07. The van der Waals surface area contributed by atoms with Crippen molar-refractivity contribution in [3.63, 3.8) is 0 Å². The first-order valence-electron chi connectivity index (χ1n) is 6.07. The number of hydrogen-bond acceptors (Lipinski definition) is 7. The minimum atomic E-state index is -0.850. The van der Waals surface area contributed by atoms with E-state index in [9.17, 15) is 4.79 Å². The molecule has 1 amide bonds. The second kappa shape index (κ2) is 5.98. The maximum atomic E-state index is 11.1. The molecule has 0 aliphatic heterocycles. The lowest BCUT2D eigenvalue weighted by Gasteiger charge is -2.04. The van der Waals surface area contributed by atoms with Crippen molar-refractivity contribution in [3.05, 3.63) is 17.7 Å². The maximum absolute atomic E-state index is 11.1. The van der Waals surface area contributed by atoms with Gasteiger partial charge in [-0.3, -0.25) is 4.79 Å². The van der Waals surface area contributed by atoms with Gasteiger partial charge in [0.15, 0.2) is 17.0 Å². The highest BCUT2D eigenvalue weighted by Crippen LogP contribution is 2.20. The van der Waals surface area contributed by atoms with Crippen molar-refractivity contribution in [1.82, 2.24) is 19.5 Å². The van der Waals surface area contributed by atoms with Gasteiger partial charge in [0.05, 0.1) is 0 Å². The van der Waals surface area contributed by atoms with Gasteiger partial charge in [0.2, 0.25) is 0 Å². The third kappa shape index (κ3) is 2.80. The summed E-state index contributed by atoms with van der Waals surface area (Å²) in [6.45, 7) is 0.372. The summed E-state index contributed by atoms with van der Waals surface area (Å²) in [5.41, 5.74) is 11.4. The van der Waals surface area contributed by atoms with E-state index in [1.807, 2.05) is 0 Å². The zero-order valence-corrected chi connectivity index (χ0v) is 11.0. The van der Waals surface area contributed by atoms with E-state index in [1.54, 1.807) is 10.6 Å². The molecule has 2 aromatic heterocycles. The van der Waals surface area contributed by atoms with Crippen LogP contribution >= 0.6 is 0 Å². The van der Waals surface area contributed by atoms with Crippen LogP contribution in [0.3, 0.4) is 0 Å². The number of aliphatic hydroxyl groups excluding tert-OH is 1. The number of amides is 1. The number of anilines is 1. The number of carbonyl (C=O) groups is 1. The van der Waals surface area contributed by atoms with E-state index in [2.05, 4.69) is 15.0 Å². The smallest absolute Gasteiger partial charge is 0.259 e. The molecule has 0 spiro atoms. The molecule has 2 heterocycles. The van der Waals surface area contributed by atoms with E-state index in [0.717, 1.165) is 0 Å². The summed E-state index contributed by atoms with van der Waals surface area (Å²) in [5, 5.41) is 17.9. The van der Waals surface area contributed by atoms with E-state index in [-0.39, 0.29) is 18.0 Å². The molecule has 0 atom stereocenters. The molecule has 9 heteroatoms. The molecule has 0 unspecified atom stereocenters. The van der Waals surface area contributed by atoms with Gasteiger partial charge in [-0.05, 0) is 6.42 Å². The zero-order valence-electron chi connectivity index (χ0n) is 11.0. The Kier molecular flexibility index (Phi) is 4.10. The fourth-order valence-electron chi connectivity index (χ4n) is 1.82. The molecule has 0 saturated heterocycles. The van der Waals surface area contributed by atoms with Crippen molar-refractivity contribution in [2.24, 2.45) is 5.73 Å². The number of aryl methyl sites for hydroxylation is 1. The van der Waals surface area contributed by atoms with Crippen LogP contribution in [0.1, 0.15) is 12.2 Å². The highest BCUT2D eigenvalue weighted by atomic mass is 16.3. The van der Waals surface area contributed by atoms with Crippen LogP contribution in [-0.2, 0) is 11.3 Å². The summed E-state index contributed by atoms with van der Waals surface area (Å²) in [6.07, 6.45) is 3.01. The topological polar surface area (TPSA) is 157 Å². The van der Waals surface area contributed by atoms with E-state index in [4.69, 9.17) is 21.8 Å². The van der Waals surface area contributed by atoms with Crippen LogP contribution in [0.4, 0.5) is 5.82 Å². The molecule has 9 nitrogen and oxygen atoms in total. The summed E-state index contributed by atoms with van der Waals surface area (Å²) in [5.74, 6) is -0.353. The Balaban J connectivity index is 2.64. The Morgan fingerprint density at radius 2 is 2.29 bits per heavy atom. The number of imidazole rings is 1. The minimum absolute atomic E-state index is 0.0235. The van der Waals surface area contributed by atoms with Gasteiger partial charge < -0.3 is 21.1 Å². The number of carbonyl (C=O) groups excluding carboxylic acids is 1. The molecule has 0 aromatic carbocycles. The standard InChI is InChI=1S/C12H13N7O2/c13-5-7(11(15)21)4-8-18-9-10(14)16-6-17-12(9)19(8)2-1-3-20/h4,6,20H,1-3H2,(H2,15,21)(H2,14,16,17). The Morgan fingerprint density at radius 3 is 2.90 bits per heavy atom. The van der Waals surface area contributed by atoms with Crippen LogP contribution in [0.2, 0.25) is 0 Å². The number of fused-ring (bicyclic) bond motifs is 1. The molecule has 0 radical (unpaired) electrons. The molecule has 2 aromatic rings. The average Bonchev–Trinajstić information content (AvgIpc) is 2.81. The predicted molar refractivity (Wildman–Crippen MR) is 74.2 cm³/mol. The summed E-state index contributed by atoms with van der Waals surface area (Å²) >= 11 is 0. The normalized spacial score (nSPS) is 11.5. The quantitative estimate of drug-likeness (QED) is 0.479. The molecule has 5 N–H and O–H groups in total. The third-order valence-electron chi connectivity index (χ3n) is 2.79. The van der Waals surface area contributed by atoms with Crippen LogP contribution in [0.25, 0.3) is 17.2 Å². The first kappa shape index (κ1) is 14.4. The zero-order chi connectivity index (χ0) is 15.4. The fraction of sp³-hybridized carbons (Fsp3) is 0.250. The molecule has 0 saturated carbocycles. The Labute approximate surface area is 119 Å². The lowest BCUT2D eigenvalue weighted by Crippen LogP contribution is -2.13. The van der Waals surface area contributed by atoms with Crippen LogP contribution in [0, 0.1) is 11.3 Å². The second-order valence-corrected chi connectivity index (χ2v) is 4.16. The summed E-state index contributed by atoms with van der Waals surface area (Å²) in [6, 6.07) is 1.71. The van der Waals surface area contributed by atoms with Crippen molar-refractivity contribution in [3.8, 4) is 6.07 Å². The number of nitrogens with two attached hydrogens (primary N) is 2. The fourth-order valence-corrected chi connectivity index (χ4v) is 1.82. The maximum Gasteiger partial charge on any atom is 0.259 e. The largest absolute Gasteiger partial charge is 0.396 e. The average molecular weight is 287 g/mol. The Hall–Kier alpha value is -2.99. The molecule has 0 bridgehead atoms. The van der Waals surface area contributed by atoms with Crippen molar-refractivity contribution in [2.45, 2.75) is 13.0 Å². The lowest BCUT2D eigenvalue weighted by molar-refractivity contribution is -0.114. The van der Waals surface area contributed by atoms with Crippen LogP contribution in [0.15, 0.2) is 11.9 Å². The summed E-state index contributed by atoms with van der Waals surface area (Å²) < 4.78 is 1.64. The van der Waals surface area contributed by atoms with Gasteiger partial charge in [0, 0.05) is 19.2 Å². The van der Waals surface area contributed by atoms with Crippen LogP contribution in [-0.4, -0.2) is 37.1 Å². The number of aromatic nitrogens is 4. The SMILES string of the molecule is N#CC(=Cc1nc2c(N)ncnc2n1CCCO)C(N)=O. The van der Waals surface area contributed by atoms with Gasteiger partial charge >= 0.3 is 0 Å². The third-order valence-corrected chi connectivity index (χ3v) is 2.79. The van der Waals surface area contributed by atoms with Crippen molar-refractivity contribution < 1.29 is 9.90 Å². The van der Waals surface area contributed by atoms with E-state index < -0.39 is 5.91 Å². The number of rotatable bonds is 5. The molecule has 21 heavy (non-hydrogen) atoms. The summed E-state index contributed by atoms with van der Waals surface area (Å²) in [7, 11) is 0. The highest BCUT2D eigenvalue weighted by molar-refractivity contribution is 6.00. The molecular formula is C12H13N7O2. The Morgan fingerprint density at radius 1 is 1.52 bits per heavy atom. The van der Waals surface area contributed by atoms with E-state index >= 15 is 0 Å². The van der Waals surface area contributed by atoms with Gasteiger partial charge in [-0.15, -0.1) is 0 Å². The number of nitrogens with zero attached hydrogens (tertiary/aromatic N) is 5.